The fourth-order valence-corrected chi connectivity index (χ4v) is 2.07. The van der Waals surface area contributed by atoms with E-state index in [4.69, 9.17) is 0 Å². The van der Waals surface area contributed by atoms with Crippen LogP contribution in [-0.4, -0.2) is 50.5 Å². The Labute approximate surface area is 157 Å². The number of guanidine groups is 1. The van der Waals surface area contributed by atoms with Crippen molar-refractivity contribution < 1.29 is 4.79 Å². The minimum atomic E-state index is -0.00779. The van der Waals surface area contributed by atoms with E-state index in [0.29, 0.717) is 5.96 Å². The number of aryl methyl sites for hydroxylation is 2. The van der Waals surface area contributed by atoms with E-state index < -0.39 is 0 Å². The van der Waals surface area contributed by atoms with Crippen LogP contribution in [0.3, 0.4) is 0 Å². The smallest absolute Gasteiger partial charge is 0.243 e. The van der Waals surface area contributed by atoms with Gasteiger partial charge in [0.25, 0.3) is 0 Å². The third kappa shape index (κ3) is 8.20. The molecule has 2 N–H and O–H groups in total. The van der Waals surface area contributed by atoms with Gasteiger partial charge in [0.05, 0.1) is 0 Å². The molecule has 0 saturated carbocycles. The topological polar surface area (TPSA) is 56.7 Å². The van der Waals surface area contributed by atoms with Crippen LogP contribution in [-0.2, 0) is 11.2 Å². The molecule has 23 heavy (non-hydrogen) atoms. The molecule has 0 aliphatic rings. The van der Waals surface area contributed by atoms with E-state index in [1.54, 1.807) is 19.0 Å². The van der Waals surface area contributed by atoms with Gasteiger partial charge in [-0.3, -0.25) is 4.79 Å². The average Bonchev–Trinajstić information content (AvgIpc) is 2.46. The van der Waals surface area contributed by atoms with Gasteiger partial charge in [-0.25, -0.2) is 4.99 Å². The van der Waals surface area contributed by atoms with Crippen molar-refractivity contribution in [3.8, 4) is 0 Å². The molecule has 0 aromatic heterocycles. The molecule has 0 spiro atoms. The van der Waals surface area contributed by atoms with Gasteiger partial charge in [0.1, 0.15) is 6.54 Å². The van der Waals surface area contributed by atoms with Crippen molar-refractivity contribution in [3.05, 3.63) is 34.9 Å². The molecule has 1 aromatic rings. The molecule has 130 valence electrons. The van der Waals surface area contributed by atoms with Gasteiger partial charge in [0, 0.05) is 27.2 Å². The summed E-state index contributed by atoms with van der Waals surface area (Å²) in [6.07, 6.45) is 0.929. The van der Waals surface area contributed by atoms with Gasteiger partial charge in [0.2, 0.25) is 5.91 Å². The standard InChI is InChI=1S/C17H28N4O.HI/c1-6-18-17(20-12-16(22)21(4)5)19-10-9-15-8-7-13(2)11-14(15)3;/h7-8,11H,6,9-10,12H2,1-5H3,(H2,18,19,20);1H. The lowest BCUT2D eigenvalue weighted by atomic mass is 10.0. The minimum absolute atomic E-state index is 0. The Morgan fingerprint density at radius 2 is 1.91 bits per heavy atom. The third-order valence-corrected chi connectivity index (χ3v) is 3.40. The van der Waals surface area contributed by atoms with Gasteiger partial charge in [0.15, 0.2) is 5.96 Å². The second-order valence-electron chi connectivity index (χ2n) is 5.59. The van der Waals surface area contributed by atoms with Gasteiger partial charge in [-0.15, -0.1) is 24.0 Å². The number of halogens is 1. The Bertz CT molecular complexity index is 529. The maximum Gasteiger partial charge on any atom is 0.243 e. The van der Waals surface area contributed by atoms with Crippen LogP contribution < -0.4 is 10.6 Å². The number of aliphatic imine (C=N–C) groups is 1. The molecule has 0 aliphatic carbocycles. The number of likely N-dealkylation sites (N-methyl/N-ethyl adjacent to an activating group) is 1. The van der Waals surface area contributed by atoms with Crippen LogP contribution in [0.15, 0.2) is 23.2 Å². The van der Waals surface area contributed by atoms with Crippen molar-refractivity contribution in [2.45, 2.75) is 27.2 Å². The number of benzene rings is 1. The highest BCUT2D eigenvalue weighted by molar-refractivity contribution is 14.0. The second-order valence-corrected chi connectivity index (χ2v) is 5.59. The van der Waals surface area contributed by atoms with Crippen LogP contribution in [0.5, 0.6) is 0 Å². The molecule has 0 fully saturated rings. The SMILES string of the molecule is CCNC(=NCC(=O)N(C)C)NCCc1ccc(C)cc1C.I. The van der Waals surface area contributed by atoms with Crippen molar-refractivity contribution >= 4 is 35.8 Å². The summed E-state index contributed by atoms with van der Waals surface area (Å²) in [6.45, 7) is 7.96. The molecule has 6 heteroatoms. The summed E-state index contributed by atoms with van der Waals surface area (Å²) in [5.41, 5.74) is 3.93. The predicted molar refractivity (Wildman–Crippen MR) is 108 cm³/mol. The first-order valence-electron chi connectivity index (χ1n) is 7.72. The van der Waals surface area contributed by atoms with Crippen molar-refractivity contribution in [2.75, 3.05) is 33.7 Å². The lowest BCUT2D eigenvalue weighted by Crippen LogP contribution is -2.39. The van der Waals surface area contributed by atoms with E-state index in [9.17, 15) is 4.79 Å². The average molecular weight is 432 g/mol. The number of nitrogens with zero attached hydrogens (tertiary/aromatic N) is 2. The number of hydrogen-bond acceptors (Lipinski definition) is 2. The van der Waals surface area contributed by atoms with Gasteiger partial charge in [-0.2, -0.15) is 0 Å². The molecule has 5 nitrogen and oxygen atoms in total. The maximum absolute atomic E-state index is 11.6. The third-order valence-electron chi connectivity index (χ3n) is 3.40. The molecule has 0 radical (unpaired) electrons. The molecule has 1 aromatic carbocycles. The van der Waals surface area contributed by atoms with Crippen molar-refractivity contribution in [2.24, 2.45) is 4.99 Å². The minimum Gasteiger partial charge on any atom is -0.357 e. The summed E-state index contributed by atoms with van der Waals surface area (Å²) in [5.74, 6) is 0.675. The van der Waals surface area contributed by atoms with Crippen LogP contribution >= 0.6 is 24.0 Å². The summed E-state index contributed by atoms with van der Waals surface area (Å²) in [4.78, 5) is 17.4. The lowest BCUT2D eigenvalue weighted by molar-refractivity contribution is -0.127. The van der Waals surface area contributed by atoms with Crippen LogP contribution in [0.25, 0.3) is 0 Å². The summed E-state index contributed by atoms with van der Waals surface area (Å²) >= 11 is 0. The Balaban J connectivity index is 0.00000484. The molecule has 0 heterocycles. The highest BCUT2D eigenvalue weighted by Gasteiger charge is 2.04. The summed E-state index contributed by atoms with van der Waals surface area (Å²) in [5, 5.41) is 6.43. The quantitative estimate of drug-likeness (QED) is 0.412. The zero-order valence-corrected chi connectivity index (χ0v) is 17.1. The molecule has 0 atom stereocenters. The first-order valence-corrected chi connectivity index (χ1v) is 7.72. The number of rotatable bonds is 6. The van der Waals surface area contributed by atoms with E-state index in [1.807, 2.05) is 6.92 Å². The number of carbonyl (C=O) groups excluding carboxylic acids is 1. The highest BCUT2D eigenvalue weighted by Crippen LogP contribution is 2.10. The van der Waals surface area contributed by atoms with Gasteiger partial charge in [-0.1, -0.05) is 23.8 Å². The fourth-order valence-electron chi connectivity index (χ4n) is 2.07. The van der Waals surface area contributed by atoms with Crippen LogP contribution in [0.4, 0.5) is 0 Å². The Morgan fingerprint density at radius 1 is 1.22 bits per heavy atom. The fraction of sp³-hybridized carbons (Fsp3) is 0.529. The zero-order valence-electron chi connectivity index (χ0n) is 14.8. The normalized spacial score (nSPS) is 10.7. The highest BCUT2D eigenvalue weighted by atomic mass is 127. The van der Waals surface area contributed by atoms with Crippen molar-refractivity contribution in [1.82, 2.24) is 15.5 Å². The van der Waals surface area contributed by atoms with Crippen molar-refractivity contribution in [3.63, 3.8) is 0 Å². The van der Waals surface area contributed by atoms with Crippen LogP contribution in [0, 0.1) is 13.8 Å². The Morgan fingerprint density at radius 3 is 2.48 bits per heavy atom. The summed E-state index contributed by atoms with van der Waals surface area (Å²) < 4.78 is 0. The van der Waals surface area contributed by atoms with E-state index in [2.05, 4.69) is 47.7 Å². The van der Waals surface area contributed by atoms with E-state index in [-0.39, 0.29) is 36.4 Å². The van der Waals surface area contributed by atoms with E-state index >= 15 is 0 Å². The van der Waals surface area contributed by atoms with E-state index in [1.165, 1.54) is 16.7 Å². The zero-order chi connectivity index (χ0) is 16.5. The number of hydrogen-bond donors (Lipinski definition) is 2. The first-order chi connectivity index (χ1) is 10.4. The Kier molecular flexibility index (Phi) is 10.6. The van der Waals surface area contributed by atoms with Gasteiger partial charge in [-0.05, 0) is 38.3 Å². The molecule has 0 aliphatic heterocycles. The monoisotopic (exact) mass is 432 g/mol. The molecule has 0 bridgehead atoms. The van der Waals surface area contributed by atoms with Crippen molar-refractivity contribution in [1.29, 1.82) is 0 Å². The lowest BCUT2D eigenvalue weighted by Gasteiger charge is -2.13. The molecule has 1 amide bonds. The number of carbonyl (C=O) groups is 1. The largest absolute Gasteiger partial charge is 0.357 e. The van der Waals surface area contributed by atoms with E-state index in [0.717, 1.165) is 19.5 Å². The van der Waals surface area contributed by atoms with Crippen LogP contribution in [0.1, 0.15) is 23.6 Å². The van der Waals surface area contributed by atoms with Crippen LogP contribution in [0.2, 0.25) is 0 Å². The van der Waals surface area contributed by atoms with Gasteiger partial charge >= 0.3 is 0 Å². The molecule has 1 rings (SSSR count). The van der Waals surface area contributed by atoms with Gasteiger partial charge < -0.3 is 15.5 Å². The first kappa shape index (κ1) is 21.7. The number of nitrogens with one attached hydrogen (secondary N) is 2. The maximum atomic E-state index is 11.6. The number of amides is 1. The molecule has 0 unspecified atom stereocenters. The summed E-state index contributed by atoms with van der Waals surface area (Å²) in [6, 6.07) is 6.51. The molecular weight excluding hydrogens is 403 g/mol. The summed E-state index contributed by atoms with van der Waals surface area (Å²) in [7, 11) is 3.47. The molecular formula is C17H29IN4O. The second kappa shape index (κ2) is 11.3. The predicted octanol–water partition coefficient (Wildman–Crippen LogP) is 2.11. The Hall–Kier alpha value is -1.31. The molecule has 0 saturated heterocycles.